The quantitative estimate of drug-likeness (QED) is 0.262. The monoisotopic (exact) mass is 723 g/mol. The average Bonchev–Trinajstić information content (AvgIpc) is 3.53. The Morgan fingerprint density at radius 1 is 1.10 bits per heavy atom. The number of likely N-dealkylation sites (N-methyl/N-ethyl adjacent to an activating group) is 1. The van der Waals surface area contributed by atoms with Gasteiger partial charge in [-0.2, -0.15) is 0 Å². The Morgan fingerprint density at radius 2 is 1.86 bits per heavy atom. The molecule has 2 aromatic rings. The van der Waals surface area contributed by atoms with Crippen molar-refractivity contribution in [3.05, 3.63) is 47.9 Å². The highest BCUT2D eigenvalue weighted by Crippen LogP contribution is 2.58. The molecule has 4 bridgehead atoms. The zero-order valence-electron chi connectivity index (χ0n) is 22.8. The summed E-state index contributed by atoms with van der Waals surface area (Å²) < 4.78 is 2.44. The number of rotatable bonds is 11. The summed E-state index contributed by atoms with van der Waals surface area (Å²) in [5.74, 6) is -0.586. The normalized spacial score (nSPS) is 24.2. The highest BCUT2D eigenvalue weighted by molar-refractivity contribution is 9.11. The SMILES string of the molecule is CNC(=O)C(=O)CC[C@H](NC(=O)c1sc(Br)cc1Br)C(=O)Nc1cccn(CC(=O)NC2C3CC4CC(C3)C2C4)c1=O. The molecule has 4 amide bonds. The van der Waals surface area contributed by atoms with Gasteiger partial charge in [0.2, 0.25) is 17.6 Å². The van der Waals surface area contributed by atoms with Crippen LogP contribution in [-0.4, -0.2) is 53.1 Å². The maximum Gasteiger partial charge on any atom is 0.287 e. The van der Waals surface area contributed by atoms with E-state index in [4.69, 9.17) is 0 Å². The zero-order chi connectivity index (χ0) is 30.1. The van der Waals surface area contributed by atoms with Crippen LogP contribution in [0.5, 0.6) is 0 Å². The van der Waals surface area contributed by atoms with Gasteiger partial charge >= 0.3 is 0 Å². The molecule has 4 N–H and O–H groups in total. The van der Waals surface area contributed by atoms with Crippen LogP contribution < -0.4 is 26.8 Å². The fourth-order valence-electron chi connectivity index (χ4n) is 6.84. The lowest BCUT2D eigenvalue weighted by molar-refractivity contribution is -0.137. The maximum atomic E-state index is 13.3. The number of pyridine rings is 1. The smallest absolute Gasteiger partial charge is 0.287 e. The highest BCUT2D eigenvalue weighted by Gasteiger charge is 2.54. The van der Waals surface area contributed by atoms with Crippen LogP contribution in [-0.2, 0) is 25.7 Å². The molecular formula is C28H31Br2N5O6S. The van der Waals surface area contributed by atoms with Crippen LogP contribution in [0.25, 0.3) is 0 Å². The molecule has 4 saturated carbocycles. The predicted molar refractivity (Wildman–Crippen MR) is 163 cm³/mol. The van der Waals surface area contributed by atoms with Gasteiger partial charge in [0.25, 0.3) is 17.4 Å². The van der Waals surface area contributed by atoms with Crippen molar-refractivity contribution in [1.29, 1.82) is 0 Å². The van der Waals surface area contributed by atoms with E-state index in [2.05, 4.69) is 53.1 Å². The number of halogens is 2. The molecule has 0 aliphatic heterocycles. The Bertz CT molecular complexity index is 1490. The molecule has 0 spiro atoms. The molecule has 0 aromatic carbocycles. The van der Waals surface area contributed by atoms with E-state index in [1.165, 1.54) is 43.1 Å². The van der Waals surface area contributed by atoms with Crippen LogP contribution in [0, 0.1) is 23.7 Å². The van der Waals surface area contributed by atoms with Crippen LogP contribution in [0.2, 0.25) is 0 Å². The standard InChI is InChI=1S/C28H31Br2N5O6S/c1-31-26(39)20(36)5-4-18(32-27(40)24-17(29)11-21(30)42-24)25(38)33-19-3-2-6-35(28(19)41)12-22(37)34-23-15-8-13-7-14(10-15)16(23)9-13/h2-3,6,11,13-16,18,23H,4-5,7-10,12H2,1H3,(H,31,39)(H,32,40)(H,33,38)(H,34,37)/t13?,14?,15?,16?,18-,23?/m0/s1. The van der Waals surface area contributed by atoms with E-state index in [-0.39, 0.29) is 37.0 Å². The predicted octanol–water partition coefficient (Wildman–Crippen LogP) is 2.82. The van der Waals surface area contributed by atoms with Crippen LogP contribution in [0.15, 0.2) is 37.4 Å². The molecule has 4 aliphatic rings. The van der Waals surface area contributed by atoms with Gasteiger partial charge in [0.15, 0.2) is 0 Å². The average molecular weight is 725 g/mol. The molecule has 0 saturated heterocycles. The third-order valence-electron chi connectivity index (χ3n) is 8.60. The molecule has 4 fully saturated rings. The first-order chi connectivity index (χ1) is 20.0. The molecule has 4 aliphatic carbocycles. The number of thiophene rings is 1. The zero-order valence-corrected chi connectivity index (χ0v) is 26.8. The van der Waals surface area contributed by atoms with Crippen LogP contribution in [0.3, 0.4) is 0 Å². The summed E-state index contributed by atoms with van der Waals surface area (Å²) in [5.41, 5.74) is -0.655. The van der Waals surface area contributed by atoms with Gasteiger partial charge in [-0.15, -0.1) is 11.3 Å². The Kier molecular flexibility index (Phi) is 9.33. The second-order valence-corrected chi connectivity index (χ2v) is 14.5. The van der Waals surface area contributed by atoms with E-state index >= 15 is 0 Å². The molecule has 5 unspecified atom stereocenters. The van der Waals surface area contributed by atoms with E-state index in [1.54, 1.807) is 12.1 Å². The molecule has 11 nitrogen and oxygen atoms in total. The third kappa shape index (κ3) is 6.55. The van der Waals surface area contributed by atoms with E-state index in [1.807, 2.05) is 0 Å². The third-order valence-corrected chi connectivity index (χ3v) is 11.1. The summed E-state index contributed by atoms with van der Waals surface area (Å²) in [6.45, 7) is -0.186. The molecule has 2 heterocycles. The molecule has 42 heavy (non-hydrogen) atoms. The molecule has 224 valence electrons. The molecule has 0 radical (unpaired) electrons. The van der Waals surface area contributed by atoms with Crippen LogP contribution >= 0.6 is 43.2 Å². The lowest BCUT2D eigenvalue weighted by Gasteiger charge is -2.32. The van der Waals surface area contributed by atoms with Crippen molar-refractivity contribution in [3.8, 4) is 0 Å². The van der Waals surface area contributed by atoms with Crippen molar-refractivity contribution in [3.63, 3.8) is 0 Å². The Morgan fingerprint density at radius 3 is 2.55 bits per heavy atom. The van der Waals surface area contributed by atoms with Crippen molar-refractivity contribution in [2.24, 2.45) is 23.7 Å². The van der Waals surface area contributed by atoms with Crippen molar-refractivity contribution in [2.75, 3.05) is 12.4 Å². The summed E-state index contributed by atoms with van der Waals surface area (Å²) in [6, 6.07) is 3.57. The Labute approximate surface area is 262 Å². The fraction of sp³-hybridized carbons (Fsp3) is 0.500. The minimum absolute atomic E-state index is 0.0780. The fourth-order valence-corrected chi connectivity index (χ4v) is 9.34. The first-order valence-electron chi connectivity index (χ1n) is 13.8. The van der Waals surface area contributed by atoms with Crippen molar-refractivity contribution < 1.29 is 24.0 Å². The maximum absolute atomic E-state index is 13.3. The molecule has 14 heteroatoms. The number of carbonyl (C=O) groups is 5. The second-order valence-electron chi connectivity index (χ2n) is 11.2. The Hall–Kier alpha value is -2.84. The van der Waals surface area contributed by atoms with Crippen molar-refractivity contribution >= 4 is 78.3 Å². The van der Waals surface area contributed by atoms with Gasteiger partial charge < -0.3 is 25.8 Å². The number of Topliss-reactive ketones (excluding diaryl/α,β-unsaturated/α-hetero) is 1. The van der Waals surface area contributed by atoms with Crippen LogP contribution in [0.1, 0.15) is 48.2 Å². The number of nitrogens with one attached hydrogen (secondary N) is 4. The number of anilines is 1. The summed E-state index contributed by atoms with van der Waals surface area (Å²) in [5, 5.41) is 10.6. The first kappa shape index (κ1) is 30.6. The summed E-state index contributed by atoms with van der Waals surface area (Å²) in [4.78, 5) is 76.5. The van der Waals surface area contributed by atoms with E-state index in [9.17, 15) is 28.8 Å². The minimum atomic E-state index is -1.23. The summed E-state index contributed by atoms with van der Waals surface area (Å²) in [7, 11) is 1.32. The lowest BCUT2D eigenvalue weighted by Crippen LogP contribution is -2.46. The van der Waals surface area contributed by atoms with E-state index in [0.717, 1.165) is 23.7 Å². The van der Waals surface area contributed by atoms with Gasteiger partial charge in [0.05, 0.1) is 3.79 Å². The van der Waals surface area contributed by atoms with E-state index < -0.39 is 35.1 Å². The number of hydrogen-bond donors (Lipinski definition) is 4. The topological polar surface area (TPSA) is 155 Å². The number of hydrogen-bond acceptors (Lipinski definition) is 7. The van der Waals surface area contributed by atoms with Crippen molar-refractivity contribution in [2.45, 2.75) is 57.2 Å². The van der Waals surface area contributed by atoms with Gasteiger partial charge in [-0.25, -0.2) is 0 Å². The van der Waals surface area contributed by atoms with Gasteiger partial charge in [-0.3, -0.25) is 28.8 Å². The molecule has 6 atom stereocenters. The number of aromatic nitrogens is 1. The number of carbonyl (C=O) groups excluding carboxylic acids is 5. The Balaban J connectivity index is 1.26. The van der Waals surface area contributed by atoms with Gasteiger partial charge in [0.1, 0.15) is 23.2 Å². The largest absolute Gasteiger partial charge is 0.353 e. The number of nitrogens with zero attached hydrogens (tertiary/aromatic N) is 1. The molecule has 2 aromatic heterocycles. The minimum Gasteiger partial charge on any atom is -0.353 e. The van der Waals surface area contributed by atoms with Gasteiger partial charge in [-0.05, 0) is 106 Å². The lowest BCUT2D eigenvalue weighted by atomic mass is 9.79. The molecule has 6 rings (SSSR count). The second kappa shape index (κ2) is 12.8. The van der Waals surface area contributed by atoms with E-state index in [0.29, 0.717) is 30.9 Å². The summed E-state index contributed by atoms with van der Waals surface area (Å²) >= 11 is 7.76. The van der Waals surface area contributed by atoms with Crippen LogP contribution in [0.4, 0.5) is 5.69 Å². The number of amides is 4. The number of ketones is 1. The van der Waals surface area contributed by atoms with Gasteiger partial charge in [-0.1, -0.05) is 0 Å². The van der Waals surface area contributed by atoms with Gasteiger partial charge in [0, 0.05) is 30.2 Å². The summed E-state index contributed by atoms with van der Waals surface area (Å²) in [6.07, 6.45) is 5.75. The molecular weight excluding hydrogens is 694 g/mol. The first-order valence-corrected chi connectivity index (χ1v) is 16.2. The highest BCUT2D eigenvalue weighted by atomic mass is 79.9. The van der Waals surface area contributed by atoms with Crippen molar-refractivity contribution in [1.82, 2.24) is 20.5 Å².